The zero-order valence-corrected chi connectivity index (χ0v) is 20.3. The maximum atomic E-state index is 5.93. The first-order valence-corrected chi connectivity index (χ1v) is 10.6. The van der Waals surface area contributed by atoms with Crippen LogP contribution in [-0.2, 0) is 6.54 Å². The maximum absolute atomic E-state index is 5.93. The molecule has 0 amide bonds. The van der Waals surface area contributed by atoms with Crippen molar-refractivity contribution in [2.75, 3.05) is 26.2 Å². The summed E-state index contributed by atoms with van der Waals surface area (Å²) in [6, 6.07) is 16.5. The third-order valence-electron chi connectivity index (χ3n) is 4.97. The number of hydrogen-bond donors (Lipinski definition) is 2. The summed E-state index contributed by atoms with van der Waals surface area (Å²) in [4.78, 5) is 11.6. The number of likely N-dealkylation sites (tertiary alicyclic amines) is 1. The van der Waals surface area contributed by atoms with E-state index >= 15 is 0 Å². The van der Waals surface area contributed by atoms with Gasteiger partial charge in [0.25, 0.3) is 0 Å². The smallest absolute Gasteiger partial charge is 0.191 e. The van der Waals surface area contributed by atoms with E-state index in [0.29, 0.717) is 12.6 Å². The highest BCUT2D eigenvalue weighted by Crippen LogP contribution is 2.13. The summed E-state index contributed by atoms with van der Waals surface area (Å²) < 4.78 is 5.93. The van der Waals surface area contributed by atoms with Gasteiger partial charge in [0, 0.05) is 38.4 Å². The molecule has 1 aromatic heterocycles. The van der Waals surface area contributed by atoms with E-state index in [-0.39, 0.29) is 30.1 Å². The molecule has 0 radical (unpaired) electrons. The van der Waals surface area contributed by atoms with Crippen LogP contribution in [-0.4, -0.2) is 54.2 Å². The van der Waals surface area contributed by atoms with Crippen molar-refractivity contribution in [3.05, 3.63) is 60.4 Å². The number of benzene rings is 1. The fraction of sp³-hybridized carbons (Fsp3) is 0.478. The molecule has 164 valence electrons. The Morgan fingerprint density at radius 3 is 2.57 bits per heavy atom. The predicted octanol–water partition coefficient (Wildman–Crippen LogP) is 3.69. The monoisotopic (exact) mass is 523 g/mol. The zero-order valence-electron chi connectivity index (χ0n) is 18.0. The summed E-state index contributed by atoms with van der Waals surface area (Å²) in [6.07, 6.45) is 4.10. The summed E-state index contributed by atoms with van der Waals surface area (Å²) in [7, 11) is 0. The van der Waals surface area contributed by atoms with Gasteiger partial charge in [-0.2, -0.15) is 0 Å². The topological polar surface area (TPSA) is 61.8 Å². The van der Waals surface area contributed by atoms with Gasteiger partial charge < -0.3 is 15.4 Å². The van der Waals surface area contributed by atoms with Crippen molar-refractivity contribution in [2.45, 2.75) is 45.4 Å². The highest BCUT2D eigenvalue weighted by Gasteiger charge is 2.20. The Morgan fingerprint density at radius 2 is 1.90 bits per heavy atom. The van der Waals surface area contributed by atoms with Crippen LogP contribution in [0.25, 0.3) is 0 Å². The average Bonchev–Trinajstić information content (AvgIpc) is 2.75. The first-order valence-electron chi connectivity index (χ1n) is 10.6. The number of para-hydroxylation sites is 1. The van der Waals surface area contributed by atoms with Crippen LogP contribution in [0.3, 0.4) is 0 Å². The average molecular weight is 523 g/mol. The van der Waals surface area contributed by atoms with E-state index in [1.54, 1.807) is 0 Å². The van der Waals surface area contributed by atoms with Crippen molar-refractivity contribution < 1.29 is 4.74 Å². The van der Waals surface area contributed by atoms with Crippen LogP contribution in [0.5, 0.6) is 5.75 Å². The quantitative estimate of drug-likeness (QED) is 0.314. The van der Waals surface area contributed by atoms with Gasteiger partial charge in [-0.3, -0.25) is 9.88 Å². The Balaban J connectivity index is 0.00000320. The van der Waals surface area contributed by atoms with Gasteiger partial charge in [0.15, 0.2) is 5.96 Å². The minimum Gasteiger partial charge on any atom is -0.489 e. The molecule has 1 saturated heterocycles. The van der Waals surface area contributed by atoms with Crippen molar-refractivity contribution in [2.24, 2.45) is 4.99 Å². The van der Waals surface area contributed by atoms with E-state index in [0.717, 1.165) is 56.4 Å². The lowest BCUT2D eigenvalue weighted by Gasteiger charge is -2.33. The zero-order chi connectivity index (χ0) is 20.3. The second kappa shape index (κ2) is 13.4. The highest BCUT2D eigenvalue weighted by molar-refractivity contribution is 14.0. The van der Waals surface area contributed by atoms with Crippen molar-refractivity contribution in [1.82, 2.24) is 20.5 Å². The summed E-state index contributed by atoms with van der Waals surface area (Å²) in [5, 5.41) is 6.96. The Labute approximate surface area is 197 Å². The summed E-state index contributed by atoms with van der Waals surface area (Å²) in [5.74, 6) is 1.76. The van der Waals surface area contributed by atoms with Crippen LogP contribution < -0.4 is 15.4 Å². The van der Waals surface area contributed by atoms with Crippen molar-refractivity contribution in [1.29, 1.82) is 0 Å². The van der Waals surface area contributed by atoms with Gasteiger partial charge in [-0.15, -0.1) is 24.0 Å². The van der Waals surface area contributed by atoms with E-state index in [9.17, 15) is 0 Å². The SMILES string of the molecule is CCNC(=NCC(C)Oc1ccccc1)NC1CCN(Cc2ccccn2)CC1.I. The van der Waals surface area contributed by atoms with E-state index < -0.39 is 0 Å². The number of halogens is 1. The van der Waals surface area contributed by atoms with E-state index in [4.69, 9.17) is 9.73 Å². The molecular weight excluding hydrogens is 489 g/mol. The highest BCUT2D eigenvalue weighted by atomic mass is 127. The van der Waals surface area contributed by atoms with Crippen molar-refractivity contribution in [3.63, 3.8) is 0 Å². The van der Waals surface area contributed by atoms with Gasteiger partial charge in [0.05, 0.1) is 12.2 Å². The molecule has 1 fully saturated rings. The van der Waals surface area contributed by atoms with Gasteiger partial charge in [-0.05, 0) is 51.0 Å². The molecule has 2 aromatic rings. The Bertz CT molecular complexity index is 736. The van der Waals surface area contributed by atoms with Gasteiger partial charge in [-0.25, -0.2) is 4.99 Å². The van der Waals surface area contributed by atoms with E-state index in [1.807, 2.05) is 42.6 Å². The van der Waals surface area contributed by atoms with Crippen LogP contribution in [0.2, 0.25) is 0 Å². The Kier molecular flexibility index (Phi) is 10.9. The van der Waals surface area contributed by atoms with Crippen LogP contribution in [0, 0.1) is 0 Å². The minimum absolute atomic E-state index is 0. The first kappa shape index (κ1) is 24.4. The lowest BCUT2D eigenvalue weighted by Crippen LogP contribution is -2.48. The third-order valence-corrected chi connectivity index (χ3v) is 4.97. The minimum atomic E-state index is 0. The Morgan fingerprint density at radius 1 is 1.17 bits per heavy atom. The molecule has 0 aliphatic carbocycles. The van der Waals surface area contributed by atoms with Crippen LogP contribution in [0.4, 0.5) is 0 Å². The number of ether oxygens (including phenoxy) is 1. The third kappa shape index (κ3) is 8.47. The second-order valence-corrected chi connectivity index (χ2v) is 7.48. The van der Waals surface area contributed by atoms with Gasteiger partial charge >= 0.3 is 0 Å². The molecule has 2 N–H and O–H groups in total. The van der Waals surface area contributed by atoms with E-state index in [2.05, 4.69) is 46.5 Å². The summed E-state index contributed by atoms with van der Waals surface area (Å²) >= 11 is 0. The molecule has 7 heteroatoms. The number of guanidine groups is 1. The van der Waals surface area contributed by atoms with Gasteiger partial charge in [0.1, 0.15) is 11.9 Å². The second-order valence-electron chi connectivity index (χ2n) is 7.48. The van der Waals surface area contributed by atoms with Crippen LogP contribution in [0.15, 0.2) is 59.7 Å². The molecule has 6 nitrogen and oxygen atoms in total. The standard InChI is InChI=1S/C23H33N5O.HI/c1-3-24-23(26-17-19(2)29-22-10-5-4-6-11-22)27-20-12-15-28(16-13-20)18-21-9-7-8-14-25-21;/h4-11,14,19-20H,3,12-13,15-18H2,1-2H3,(H2,24,26,27);1H. The maximum Gasteiger partial charge on any atom is 0.191 e. The number of hydrogen-bond acceptors (Lipinski definition) is 4. The number of piperidine rings is 1. The Hall–Kier alpha value is -1.87. The number of nitrogens with one attached hydrogen (secondary N) is 2. The molecular formula is C23H34IN5O. The van der Waals surface area contributed by atoms with E-state index in [1.165, 1.54) is 0 Å². The molecule has 0 bridgehead atoms. The molecule has 1 atom stereocenters. The summed E-state index contributed by atoms with van der Waals surface area (Å²) in [5.41, 5.74) is 1.14. The normalized spacial score (nSPS) is 16.4. The van der Waals surface area contributed by atoms with Gasteiger partial charge in [0.2, 0.25) is 0 Å². The molecule has 1 aliphatic rings. The lowest BCUT2D eigenvalue weighted by molar-refractivity contribution is 0.196. The van der Waals surface area contributed by atoms with Crippen LogP contribution in [0.1, 0.15) is 32.4 Å². The molecule has 1 unspecified atom stereocenters. The fourth-order valence-corrected chi connectivity index (χ4v) is 3.46. The molecule has 2 heterocycles. The molecule has 1 aliphatic heterocycles. The largest absolute Gasteiger partial charge is 0.489 e. The summed E-state index contributed by atoms with van der Waals surface area (Å²) in [6.45, 7) is 8.67. The van der Waals surface area contributed by atoms with Crippen molar-refractivity contribution >= 4 is 29.9 Å². The molecule has 1 aromatic carbocycles. The number of aromatic nitrogens is 1. The first-order chi connectivity index (χ1) is 14.2. The number of pyridine rings is 1. The fourth-order valence-electron chi connectivity index (χ4n) is 3.46. The number of aliphatic imine (C=N–C) groups is 1. The van der Waals surface area contributed by atoms with Crippen molar-refractivity contribution in [3.8, 4) is 5.75 Å². The molecule has 0 saturated carbocycles. The molecule has 3 rings (SSSR count). The van der Waals surface area contributed by atoms with Gasteiger partial charge in [-0.1, -0.05) is 24.3 Å². The van der Waals surface area contributed by atoms with Crippen LogP contribution >= 0.6 is 24.0 Å². The predicted molar refractivity (Wildman–Crippen MR) is 134 cm³/mol. The number of nitrogens with zero attached hydrogens (tertiary/aromatic N) is 3. The number of rotatable bonds is 8. The lowest BCUT2D eigenvalue weighted by atomic mass is 10.0. The molecule has 30 heavy (non-hydrogen) atoms. The molecule has 0 spiro atoms.